The summed E-state index contributed by atoms with van der Waals surface area (Å²) in [6.07, 6.45) is 0. The maximum absolute atomic E-state index is 11.1. The Bertz CT molecular complexity index is 768. The molecule has 0 aliphatic heterocycles. The van der Waals surface area contributed by atoms with Crippen LogP contribution >= 0.6 is 11.6 Å². The molecule has 19 heavy (non-hydrogen) atoms. The Morgan fingerprint density at radius 2 is 1.68 bits per heavy atom. The van der Waals surface area contributed by atoms with Gasteiger partial charge < -0.3 is 17.0 Å². The van der Waals surface area contributed by atoms with E-state index in [2.05, 4.69) is 4.98 Å². The van der Waals surface area contributed by atoms with E-state index in [1.165, 1.54) is 0 Å². The molecule has 0 aromatic heterocycles. The van der Waals surface area contributed by atoms with Gasteiger partial charge in [0.25, 0.3) is 0 Å². The zero-order chi connectivity index (χ0) is 14.3. The Morgan fingerprint density at radius 3 is 2.00 bits per heavy atom. The highest BCUT2D eigenvalue weighted by atomic mass is 79.9. The molecule has 0 atom stereocenters. The molecule has 12 heteroatoms. The summed E-state index contributed by atoms with van der Waals surface area (Å²) in [4.78, 5) is 0.439. The van der Waals surface area contributed by atoms with Gasteiger partial charge in [-0.1, -0.05) is 11.6 Å². The molecule has 0 bridgehead atoms. The van der Waals surface area contributed by atoms with E-state index in [1.54, 1.807) is 0 Å². The third-order valence-corrected chi connectivity index (χ3v) is 4.32. The van der Waals surface area contributed by atoms with E-state index in [0.717, 1.165) is 6.92 Å². The van der Waals surface area contributed by atoms with E-state index in [0.29, 0.717) is 6.07 Å². The quantitative estimate of drug-likeness (QED) is 0.467. The van der Waals surface area contributed by atoms with E-state index < -0.39 is 35.7 Å². The fraction of sp³-hybridized carbons (Fsp3) is 0.143. The van der Waals surface area contributed by atoms with E-state index in [-0.39, 0.29) is 27.6 Å². The molecule has 0 aliphatic carbocycles. The van der Waals surface area contributed by atoms with Gasteiger partial charge in [-0.05, 0) is 18.6 Å². The van der Waals surface area contributed by atoms with E-state index in [1.807, 2.05) is 0 Å². The van der Waals surface area contributed by atoms with E-state index in [9.17, 15) is 16.8 Å². The van der Waals surface area contributed by atoms with Crippen LogP contribution in [0.1, 0.15) is 5.56 Å². The third-order valence-electron chi connectivity index (χ3n) is 2.04. The van der Waals surface area contributed by atoms with Crippen molar-refractivity contribution in [3.8, 4) is 0 Å². The van der Waals surface area contributed by atoms with Crippen LogP contribution in [0.5, 0.6) is 0 Å². The lowest BCUT2D eigenvalue weighted by molar-refractivity contribution is -0.0000123. The predicted molar refractivity (Wildman–Crippen MR) is 60.6 cm³/mol. The van der Waals surface area contributed by atoms with Crippen molar-refractivity contribution in [2.24, 2.45) is 0 Å². The van der Waals surface area contributed by atoms with Crippen LogP contribution in [0.2, 0.25) is 5.02 Å². The topological polar surface area (TPSA) is 137 Å². The molecule has 0 amide bonds. The molecule has 106 valence electrons. The van der Waals surface area contributed by atoms with Gasteiger partial charge in [-0.25, -0.2) is 0 Å². The molecule has 0 unspecified atom stereocenters. The first-order chi connectivity index (χ1) is 8.00. The lowest BCUT2D eigenvalue weighted by Gasteiger charge is -2.04. The molecule has 0 fully saturated rings. The summed E-state index contributed by atoms with van der Waals surface area (Å²) in [5.41, 5.74) is -1.23. The van der Waals surface area contributed by atoms with Gasteiger partial charge in [0.2, 0.25) is 5.39 Å². The number of rotatable bonds is 2. The molecule has 0 saturated heterocycles. The van der Waals surface area contributed by atoms with E-state index in [4.69, 9.17) is 26.1 Å². The molecule has 0 heterocycles. The second-order valence-electron chi connectivity index (χ2n) is 3.21. The van der Waals surface area contributed by atoms with Crippen molar-refractivity contribution in [1.82, 2.24) is 0 Å². The van der Waals surface area contributed by atoms with Crippen LogP contribution in [-0.4, -0.2) is 25.9 Å². The van der Waals surface area contributed by atoms with Crippen molar-refractivity contribution in [3.63, 3.8) is 0 Å². The number of benzene rings is 1. The molecular weight excluding hydrogens is 388 g/mol. The SMILES string of the molecule is Cc1c(Cl)cc(S(=O)(=O)O)c([N+]#N)c1S(=O)(=O)O.[Br-]. The number of halogens is 2. The second kappa shape index (κ2) is 5.70. The van der Waals surface area contributed by atoms with Crippen molar-refractivity contribution in [1.29, 1.82) is 5.39 Å². The van der Waals surface area contributed by atoms with Crippen LogP contribution in [0.25, 0.3) is 4.98 Å². The molecule has 0 saturated carbocycles. The molecular formula is C7H6BrClN2O6S2. The van der Waals surface area contributed by atoms with Crippen molar-refractivity contribution in [3.05, 3.63) is 21.6 Å². The highest BCUT2D eigenvalue weighted by Crippen LogP contribution is 2.38. The van der Waals surface area contributed by atoms with Crippen LogP contribution < -0.4 is 17.0 Å². The van der Waals surface area contributed by atoms with Crippen molar-refractivity contribution < 1.29 is 42.9 Å². The lowest BCUT2D eigenvalue weighted by Crippen LogP contribution is -3.00. The smallest absolute Gasteiger partial charge is 0.427 e. The summed E-state index contributed by atoms with van der Waals surface area (Å²) in [5, 5.41) is 8.33. The summed E-state index contributed by atoms with van der Waals surface area (Å²) in [5.74, 6) is 0. The standard InChI is InChI=1S/C7H5ClN2O6S2.BrH/c1-3-4(8)2-5(17(11,12)13)6(10-9)7(3)18(14,15)16;/h2H,1H3,(H-,11,12,13,14,15,16);1H. The minimum Gasteiger partial charge on any atom is -1.00 e. The van der Waals surface area contributed by atoms with Gasteiger partial charge in [-0.15, -0.1) is 0 Å². The Hall–Kier alpha value is -0.770. The molecule has 1 rings (SSSR count). The molecule has 1 aromatic rings. The highest BCUT2D eigenvalue weighted by Gasteiger charge is 2.37. The first kappa shape index (κ1) is 18.2. The zero-order valence-electron chi connectivity index (χ0n) is 9.07. The number of diazo groups is 1. The average Bonchev–Trinajstić information content (AvgIpc) is 2.17. The van der Waals surface area contributed by atoms with Gasteiger partial charge in [0.15, 0.2) is 14.8 Å². The fourth-order valence-electron chi connectivity index (χ4n) is 1.30. The summed E-state index contributed by atoms with van der Waals surface area (Å²) in [6, 6.07) is 0.704. The maximum Gasteiger partial charge on any atom is 0.427 e. The molecule has 2 N–H and O–H groups in total. The minimum absolute atomic E-state index is 0. The van der Waals surface area contributed by atoms with Gasteiger partial charge in [-0.2, -0.15) is 16.8 Å². The fourth-order valence-corrected chi connectivity index (χ4v) is 3.23. The van der Waals surface area contributed by atoms with Gasteiger partial charge in [0.05, 0.1) is 0 Å². The Balaban J connectivity index is 0.00000324. The Labute approximate surface area is 124 Å². The van der Waals surface area contributed by atoms with Crippen LogP contribution in [0, 0.1) is 12.3 Å². The number of hydrogen-bond donors (Lipinski definition) is 2. The van der Waals surface area contributed by atoms with Crippen LogP contribution in [0.4, 0.5) is 5.69 Å². The summed E-state index contributed by atoms with van der Waals surface area (Å²) in [6.45, 7) is 1.16. The van der Waals surface area contributed by atoms with Crippen molar-refractivity contribution in [2.45, 2.75) is 16.7 Å². The average molecular weight is 394 g/mol. The molecule has 0 aliphatic rings. The van der Waals surface area contributed by atoms with E-state index >= 15 is 0 Å². The summed E-state index contributed by atoms with van der Waals surface area (Å²) < 4.78 is 62.1. The van der Waals surface area contributed by atoms with Gasteiger partial charge in [0.1, 0.15) is 0 Å². The van der Waals surface area contributed by atoms with Crippen molar-refractivity contribution in [2.75, 3.05) is 0 Å². The highest BCUT2D eigenvalue weighted by molar-refractivity contribution is 7.87. The molecule has 0 radical (unpaired) electrons. The minimum atomic E-state index is -4.90. The van der Waals surface area contributed by atoms with Crippen LogP contribution in [0.3, 0.4) is 0 Å². The Morgan fingerprint density at radius 1 is 1.21 bits per heavy atom. The number of hydrogen-bond acceptors (Lipinski definition) is 5. The first-order valence-corrected chi connectivity index (χ1v) is 7.39. The molecule has 1 aromatic carbocycles. The lowest BCUT2D eigenvalue weighted by atomic mass is 10.2. The largest absolute Gasteiger partial charge is 1.00 e. The number of nitrogens with zero attached hydrogens (tertiary/aromatic N) is 2. The van der Waals surface area contributed by atoms with Gasteiger partial charge >= 0.3 is 25.9 Å². The monoisotopic (exact) mass is 392 g/mol. The van der Waals surface area contributed by atoms with Gasteiger partial charge in [-0.3, -0.25) is 9.11 Å². The second-order valence-corrected chi connectivity index (χ2v) is 6.36. The van der Waals surface area contributed by atoms with Gasteiger partial charge in [0, 0.05) is 5.02 Å². The van der Waals surface area contributed by atoms with Crippen LogP contribution in [-0.2, 0) is 20.2 Å². The normalized spacial score (nSPS) is 11.5. The predicted octanol–water partition coefficient (Wildman–Crippen LogP) is -1.37. The summed E-state index contributed by atoms with van der Waals surface area (Å²) in [7, 11) is -9.78. The third kappa shape index (κ3) is 3.62. The maximum atomic E-state index is 11.1. The van der Waals surface area contributed by atoms with Crippen LogP contribution in [0.15, 0.2) is 15.9 Å². The summed E-state index contributed by atoms with van der Waals surface area (Å²) >= 11 is 5.59. The molecule has 8 nitrogen and oxygen atoms in total. The Kier molecular flexibility index (Phi) is 5.46. The first-order valence-electron chi connectivity index (χ1n) is 4.13. The molecule has 0 spiro atoms. The van der Waals surface area contributed by atoms with Crippen molar-refractivity contribution >= 4 is 37.5 Å². The zero-order valence-corrected chi connectivity index (χ0v) is 13.0.